The molecule has 0 saturated carbocycles. The van der Waals surface area contributed by atoms with Crippen molar-refractivity contribution in [3.05, 3.63) is 0 Å². The Hall–Kier alpha value is 0. The minimum absolute atomic E-state index is 0.604. The van der Waals surface area contributed by atoms with Crippen molar-refractivity contribution in [3.8, 4) is 0 Å². The van der Waals surface area contributed by atoms with E-state index in [9.17, 15) is 0 Å². The van der Waals surface area contributed by atoms with Gasteiger partial charge in [-0.25, -0.2) is 0 Å². The smallest absolute Gasteiger partial charge is 0.0230 e. The third-order valence-corrected chi connectivity index (χ3v) is 2.25. The molecule has 0 heterocycles. The first-order valence-electron chi connectivity index (χ1n) is 6.91. The van der Waals surface area contributed by atoms with Crippen LogP contribution >= 0.6 is 0 Å². The van der Waals surface area contributed by atoms with Gasteiger partial charge >= 0.3 is 0 Å². The number of hydrogen-bond acceptors (Lipinski definition) is 0. The monoisotopic (exact) mass is 172 g/mol. The maximum Gasteiger partial charge on any atom is 0.0230 e. The van der Waals surface area contributed by atoms with Crippen LogP contribution in [0.3, 0.4) is 0 Å². The molecule has 0 atom stereocenters. The fourth-order valence-corrected chi connectivity index (χ4v) is 1.41. The van der Waals surface area contributed by atoms with Gasteiger partial charge in [-0.2, -0.15) is 0 Å². The van der Waals surface area contributed by atoms with E-state index in [-0.39, 0.29) is 0 Å². The van der Waals surface area contributed by atoms with E-state index in [0.29, 0.717) is 13.8 Å². The van der Waals surface area contributed by atoms with Crippen molar-refractivity contribution in [2.45, 2.75) is 78.0 Å². The summed E-state index contributed by atoms with van der Waals surface area (Å²) in [4.78, 5) is 0. The molecule has 0 N–H and O–H groups in total. The maximum atomic E-state index is 7.00. The molecule has 0 saturated heterocycles. The molecule has 0 bridgehead atoms. The molecule has 0 rings (SSSR count). The molecule has 0 aromatic heterocycles. The minimum Gasteiger partial charge on any atom is -0.0654 e. The molecule has 0 radical (unpaired) electrons. The molecule has 0 aromatic carbocycles. The Morgan fingerprint density at radius 3 is 1.25 bits per heavy atom. The Balaban J connectivity index is 2.78. The molecule has 74 valence electrons. The van der Waals surface area contributed by atoms with Crippen molar-refractivity contribution in [1.82, 2.24) is 0 Å². The van der Waals surface area contributed by atoms with Gasteiger partial charge in [0.15, 0.2) is 0 Å². The minimum atomic E-state index is 0.604. The summed E-state index contributed by atoms with van der Waals surface area (Å²) in [5.74, 6) is 0. The highest BCUT2D eigenvalue weighted by Gasteiger charge is 1.90. The summed E-state index contributed by atoms with van der Waals surface area (Å²) in [5, 5.41) is 0. The van der Waals surface area contributed by atoms with Gasteiger partial charge in [0.1, 0.15) is 0 Å². The average molecular weight is 172 g/mol. The van der Waals surface area contributed by atoms with Crippen LogP contribution in [0.2, 0.25) is 0 Å². The summed E-state index contributed by atoms with van der Waals surface area (Å²) in [7, 11) is 0. The standard InChI is InChI=1S/C12H26/c1-3-5-7-9-11-12-10-8-6-4-2/h3-12H2,1-2H3/i1D,2D. The van der Waals surface area contributed by atoms with Gasteiger partial charge in [-0.05, 0) is 0 Å². The van der Waals surface area contributed by atoms with Crippen LogP contribution in [0.25, 0.3) is 0 Å². The Morgan fingerprint density at radius 1 is 0.583 bits per heavy atom. The van der Waals surface area contributed by atoms with Crippen LogP contribution in [0.4, 0.5) is 0 Å². The van der Waals surface area contributed by atoms with Gasteiger partial charge < -0.3 is 0 Å². The Morgan fingerprint density at radius 2 is 0.917 bits per heavy atom. The van der Waals surface area contributed by atoms with Gasteiger partial charge in [0.2, 0.25) is 0 Å². The van der Waals surface area contributed by atoms with E-state index >= 15 is 0 Å². The summed E-state index contributed by atoms with van der Waals surface area (Å²) < 4.78 is 14.0. The lowest BCUT2D eigenvalue weighted by atomic mass is 10.1. The average Bonchev–Trinajstić information content (AvgIpc) is 2.21. The van der Waals surface area contributed by atoms with E-state index in [2.05, 4.69) is 0 Å². The van der Waals surface area contributed by atoms with Crippen LogP contribution in [-0.2, 0) is 0 Å². The molecule has 0 nitrogen and oxygen atoms in total. The molecule has 0 aliphatic carbocycles. The van der Waals surface area contributed by atoms with Gasteiger partial charge in [0, 0.05) is 2.74 Å². The largest absolute Gasteiger partial charge is 0.0654 e. The second-order valence-electron chi connectivity index (χ2n) is 3.54. The van der Waals surface area contributed by atoms with Gasteiger partial charge in [0.05, 0.1) is 0 Å². The van der Waals surface area contributed by atoms with Crippen molar-refractivity contribution in [2.75, 3.05) is 0 Å². The quantitative estimate of drug-likeness (QED) is 0.433. The van der Waals surface area contributed by atoms with Gasteiger partial charge in [-0.3, -0.25) is 0 Å². The van der Waals surface area contributed by atoms with Crippen molar-refractivity contribution >= 4 is 0 Å². The van der Waals surface area contributed by atoms with Crippen LogP contribution in [-0.4, -0.2) is 0 Å². The summed E-state index contributed by atoms with van der Waals surface area (Å²) >= 11 is 0. The van der Waals surface area contributed by atoms with Crippen molar-refractivity contribution in [3.63, 3.8) is 0 Å². The third-order valence-electron chi connectivity index (χ3n) is 2.25. The summed E-state index contributed by atoms with van der Waals surface area (Å²) in [6, 6.07) is 0. The topological polar surface area (TPSA) is 0 Å². The first kappa shape index (κ1) is 8.59. The first-order chi connectivity index (χ1) is 6.91. The first-order valence-corrected chi connectivity index (χ1v) is 5.50. The predicted octanol–water partition coefficient (Wildman–Crippen LogP) is 4.93. The second-order valence-corrected chi connectivity index (χ2v) is 3.54. The Bertz CT molecular complexity index is 82.3. The van der Waals surface area contributed by atoms with Crippen LogP contribution in [0.5, 0.6) is 0 Å². The molecule has 0 spiro atoms. The second kappa shape index (κ2) is 11.0. The highest BCUT2D eigenvalue weighted by molar-refractivity contribution is 4.45. The molecule has 12 heavy (non-hydrogen) atoms. The van der Waals surface area contributed by atoms with Gasteiger partial charge in [-0.1, -0.05) is 78.0 Å². The highest BCUT2D eigenvalue weighted by Crippen LogP contribution is 2.09. The van der Waals surface area contributed by atoms with Gasteiger partial charge in [-0.15, -0.1) is 0 Å². The van der Waals surface area contributed by atoms with Crippen molar-refractivity contribution < 1.29 is 2.74 Å². The van der Waals surface area contributed by atoms with Crippen LogP contribution < -0.4 is 0 Å². The van der Waals surface area contributed by atoms with E-state index in [4.69, 9.17) is 2.74 Å². The fourth-order valence-electron chi connectivity index (χ4n) is 1.41. The van der Waals surface area contributed by atoms with E-state index < -0.39 is 0 Å². The third kappa shape index (κ3) is 10.0. The zero-order valence-electron chi connectivity index (χ0n) is 10.5. The lowest BCUT2D eigenvalue weighted by Crippen LogP contribution is -1.80. The zero-order valence-corrected chi connectivity index (χ0v) is 8.49. The van der Waals surface area contributed by atoms with E-state index in [1.807, 2.05) is 0 Å². The van der Waals surface area contributed by atoms with Crippen LogP contribution in [0, 0.1) is 0 Å². The molecule has 0 aromatic rings. The summed E-state index contributed by atoms with van der Waals surface area (Å²) in [5.41, 5.74) is 0. The molecule has 0 amide bonds. The lowest BCUT2D eigenvalue weighted by molar-refractivity contribution is 0.562. The predicted molar refractivity (Wildman–Crippen MR) is 57.5 cm³/mol. The molecule has 0 fully saturated rings. The van der Waals surface area contributed by atoms with E-state index in [1.54, 1.807) is 0 Å². The maximum absolute atomic E-state index is 7.00. The number of hydrogen-bond donors (Lipinski definition) is 0. The van der Waals surface area contributed by atoms with E-state index in [1.165, 1.54) is 51.4 Å². The Labute approximate surface area is 81.6 Å². The molecular weight excluding hydrogens is 144 g/mol. The van der Waals surface area contributed by atoms with Crippen LogP contribution in [0.15, 0.2) is 0 Å². The van der Waals surface area contributed by atoms with Crippen LogP contribution in [0.1, 0.15) is 80.7 Å². The summed E-state index contributed by atoms with van der Waals surface area (Å²) in [6.07, 6.45) is 12.8. The summed E-state index contributed by atoms with van der Waals surface area (Å²) in [6.45, 7) is 1.21. The fraction of sp³-hybridized carbons (Fsp3) is 1.00. The van der Waals surface area contributed by atoms with E-state index in [0.717, 1.165) is 12.8 Å². The zero-order chi connectivity index (χ0) is 10.5. The normalized spacial score (nSPS) is 12.7. The highest BCUT2D eigenvalue weighted by atomic mass is 14.0. The molecule has 0 heteroatoms. The Kier molecular flexibility index (Phi) is 7.88. The number of rotatable bonds is 9. The molecule has 0 aliphatic rings. The SMILES string of the molecule is [2H]CCCCCCCCCCCC[2H]. The lowest BCUT2D eigenvalue weighted by Gasteiger charge is -1.99. The van der Waals surface area contributed by atoms with Gasteiger partial charge in [0.25, 0.3) is 0 Å². The van der Waals surface area contributed by atoms with Crippen molar-refractivity contribution in [1.29, 1.82) is 0 Å². The molecule has 0 unspecified atom stereocenters. The molecular formula is C12H26. The number of unbranched alkanes of at least 4 members (excludes halogenated alkanes) is 9. The van der Waals surface area contributed by atoms with Crippen molar-refractivity contribution in [2.24, 2.45) is 0 Å². The molecule has 0 aliphatic heterocycles.